The lowest BCUT2D eigenvalue weighted by atomic mass is 10.2. The first-order valence-corrected chi connectivity index (χ1v) is 11.5. The van der Waals surface area contributed by atoms with E-state index in [0.29, 0.717) is 32.1 Å². The number of nitrogens with one attached hydrogen (secondary N) is 1. The van der Waals surface area contributed by atoms with Gasteiger partial charge in [-0.3, -0.25) is 14.3 Å². The maximum Gasteiger partial charge on any atom is 0.243 e. The van der Waals surface area contributed by atoms with Crippen LogP contribution < -0.4 is 9.64 Å². The van der Waals surface area contributed by atoms with E-state index in [2.05, 4.69) is 15.2 Å². The van der Waals surface area contributed by atoms with Crippen molar-refractivity contribution in [1.29, 1.82) is 0 Å². The third kappa shape index (κ3) is 4.36. The van der Waals surface area contributed by atoms with Crippen LogP contribution in [-0.2, 0) is 4.79 Å². The van der Waals surface area contributed by atoms with Crippen LogP contribution in [0.3, 0.4) is 0 Å². The molecule has 2 heterocycles. The zero-order valence-corrected chi connectivity index (χ0v) is 20.0. The molecule has 7 nitrogen and oxygen atoms in total. The largest absolute Gasteiger partial charge is 0.497 e. The predicted molar refractivity (Wildman–Crippen MR) is 133 cm³/mol. The van der Waals surface area contributed by atoms with Crippen LogP contribution >= 0.6 is 35.6 Å². The lowest BCUT2D eigenvalue weighted by Crippen LogP contribution is -2.29. The topological polar surface area (TPSA) is 75.0 Å². The van der Waals surface area contributed by atoms with Gasteiger partial charge in [-0.15, -0.1) is 5.10 Å². The Morgan fingerprint density at radius 3 is 2.47 bits per heavy atom. The average molecular weight is 486 g/mol. The quantitative estimate of drug-likeness (QED) is 0.299. The highest BCUT2D eigenvalue weighted by Gasteiger charge is 2.30. The van der Waals surface area contributed by atoms with Crippen molar-refractivity contribution < 1.29 is 9.53 Å². The molecule has 1 amide bonds. The number of ether oxygens (including phenoxy) is 1. The van der Waals surface area contributed by atoms with E-state index in [1.54, 1.807) is 24.1 Å². The normalized spacial score (nSPS) is 15.6. The summed E-state index contributed by atoms with van der Waals surface area (Å²) in [6.07, 6.45) is 0. The van der Waals surface area contributed by atoms with E-state index >= 15 is 0 Å². The first kappa shape index (κ1) is 22.3. The average Bonchev–Trinajstić information content (AvgIpc) is 3.31. The number of carbonyl (C=O) groups is 1. The minimum absolute atomic E-state index is 0.0475. The number of amides is 1. The molecule has 2 aromatic carbocycles. The van der Waals surface area contributed by atoms with Crippen LogP contribution in [0.25, 0.3) is 5.69 Å². The molecule has 3 aromatic rings. The van der Waals surface area contributed by atoms with E-state index in [4.69, 9.17) is 28.6 Å². The summed E-state index contributed by atoms with van der Waals surface area (Å²) in [6, 6.07) is 14.7. The summed E-state index contributed by atoms with van der Waals surface area (Å²) in [6.45, 7) is 3.79. The number of H-pyrrole nitrogens is 1. The number of amidine groups is 1. The van der Waals surface area contributed by atoms with Crippen molar-refractivity contribution >= 4 is 58.1 Å². The molecule has 1 aromatic heterocycles. The number of imidazole rings is 1. The van der Waals surface area contributed by atoms with Crippen LogP contribution in [0.15, 0.2) is 58.7 Å². The fraction of sp³-hybridized carbons (Fsp3) is 0.182. The second-order valence-electron chi connectivity index (χ2n) is 7.00. The molecule has 164 valence electrons. The van der Waals surface area contributed by atoms with Crippen LogP contribution in [0.2, 0.25) is 5.02 Å². The van der Waals surface area contributed by atoms with Gasteiger partial charge in [-0.25, -0.2) is 0 Å². The minimum atomic E-state index is -0.0475. The number of rotatable bonds is 5. The molecule has 1 saturated heterocycles. The monoisotopic (exact) mass is 485 g/mol. The number of anilines is 1. The number of benzene rings is 2. The number of halogens is 1. The summed E-state index contributed by atoms with van der Waals surface area (Å²) in [4.78, 5) is 17.2. The summed E-state index contributed by atoms with van der Waals surface area (Å²) >= 11 is 12.9. The highest BCUT2D eigenvalue weighted by atomic mass is 35.5. The van der Waals surface area contributed by atoms with Gasteiger partial charge in [0.15, 0.2) is 9.94 Å². The number of aromatic amines is 1. The highest BCUT2D eigenvalue weighted by molar-refractivity contribution is 8.15. The van der Waals surface area contributed by atoms with Crippen LogP contribution in [-0.4, -0.2) is 39.2 Å². The standard InChI is InChI=1S/C22H20ClN5O2S2/c1-13-20(28(21(31)24-13)17-6-4-15(23)5-7-17)14(2)25-26-22-27(19(29)12-32-22)16-8-10-18(30-3)11-9-16/h4-11H,12H2,1-3H3,(H,24,31)/b25-14+,26-22-. The van der Waals surface area contributed by atoms with Crippen LogP contribution in [0.5, 0.6) is 5.75 Å². The Morgan fingerprint density at radius 1 is 1.16 bits per heavy atom. The van der Waals surface area contributed by atoms with Gasteiger partial charge in [-0.05, 0) is 74.6 Å². The van der Waals surface area contributed by atoms with Crippen molar-refractivity contribution in [3.8, 4) is 11.4 Å². The maximum absolute atomic E-state index is 12.5. The van der Waals surface area contributed by atoms with Crippen molar-refractivity contribution in [1.82, 2.24) is 9.55 Å². The molecule has 1 fully saturated rings. The number of hydrogen-bond acceptors (Lipinski definition) is 6. The molecule has 32 heavy (non-hydrogen) atoms. The van der Waals surface area contributed by atoms with E-state index in [0.717, 1.165) is 22.8 Å². The third-order valence-electron chi connectivity index (χ3n) is 4.89. The summed E-state index contributed by atoms with van der Waals surface area (Å²) in [5.41, 5.74) is 3.92. The van der Waals surface area contributed by atoms with E-state index in [-0.39, 0.29) is 5.91 Å². The molecule has 4 rings (SSSR count). The zero-order chi connectivity index (χ0) is 22.8. The van der Waals surface area contributed by atoms with Crippen LogP contribution in [0.4, 0.5) is 5.69 Å². The number of carbonyl (C=O) groups excluding carboxylic acids is 1. The SMILES string of the molecule is COc1ccc(N2C(=O)CS/C2=N\N=C(/C)c2c(C)[nH]c(=S)n2-c2ccc(Cl)cc2)cc1. The van der Waals surface area contributed by atoms with E-state index < -0.39 is 0 Å². The molecule has 0 radical (unpaired) electrons. The number of aromatic nitrogens is 2. The summed E-state index contributed by atoms with van der Waals surface area (Å²) in [5.74, 6) is 0.979. The summed E-state index contributed by atoms with van der Waals surface area (Å²) in [7, 11) is 1.60. The summed E-state index contributed by atoms with van der Waals surface area (Å²) in [5, 5.41) is 10.0. The predicted octanol–water partition coefficient (Wildman–Crippen LogP) is 5.37. The van der Waals surface area contributed by atoms with Crippen molar-refractivity contribution in [2.24, 2.45) is 10.2 Å². The molecule has 0 bridgehead atoms. The Hall–Kier alpha value is -2.88. The second-order valence-corrected chi connectivity index (χ2v) is 8.77. The van der Waals surface area contributed by atoms with Gasteiger partial charge in [-0.2, -0.15) is 5.10 Å². The van der Waals surface area contributed by atoms with Crippen molar-refractivity contribution in [2.45, 2.75) is 13.8 Å². The van der Waals surface area contributed by atoms with Gasteiger partial charge >= 0.3 is 0 Å². The molecular weight excluding hydrogens is 466 g/mol. The molecular formula is C22H20ClN5O2S2. The molecule has 10 heteroatoms. The van der Waals surface area contributed by atoms with Crippen molar-refractivity contribution in [3.63, 3.8) is 0 Å². The van der Waals surface area contributed by atoms with E-state index in [1.165, 1.54) is 11.8 Å². The molecule has 0 unspecified atom stereocenters. The van der Waals surface area contributed by atoms with E-state index in [1.807, 2.05) is 54.8 Å². The van der Waals surface area contributed by atoms with Gasteiger partial charge in [0.25, 0.3) is 0 Å². The Morgan fingerprint density at radius 2 is 1.81 bits per heavy atom. The Bertz CT molecular complexity index is 1280. The second kappa shape index (κ2) is 9.32. The van der Waals surface area contributed by atoms with Gasteiger partial charge in [0.1, 0.15) is 5.75 Å². The smallest absolute Gasteiger partial charge is 0.243 e. The maximum atomic E-state index is 12.5. The molecule has 0 atom stereocenters. The van der Waals surface area contributed by atoms with Gasteiger partial charge in [-0.1, -0.05) is 23.4 Å². The molecule has 1 aliphatic heterocycles. The number of nitrogens with zero attached hydrogens (tertiary/aromatic N) is 4. The third-order valence-corrected chi connectivity index (χ3v) is 6.34. The van der Waals surface area contributed by atoms with Crippen LogP contribution in [0, 0.1) is 11.7 Å². The number of methoxy groups -OCH3 is 1. The minimum Gasteiger partial charge on any atom is -0.497 e. The zero-order valence-electron chi connectivity index (χ0n) is 17.6. The van der Waals surface area contributed by atoms with Crippen molar-refractivity contribution in [3.05, 3.63) is 69.7 Å². The fourth-order valence-electron chi connectivity index (χ4n) is 3.40. The lowest BCUT2D eigenvalue weighted by Gasteiger charge is -2.15. The molecule has 1 N–H and O–H groups in total. The molecule has 1 aliphatic rings. The van der Waals surface area contributed by atoms with E-state index in [9.17, 15) is 4.79 Å². The van der Waals surface area contributed by atoms with Gasteiger partial charge in [0, 0.05) is 16.4 Å². The molecule has 0 spiro atoms. The first-order chi connectivity index (χ1) is 15.4. The Labute approximate surface area is 199 Å². The van der Waals surface area contributed by atoms with Gasteiger partial charge in [0.2, 0.25) is 5.91 Å². The number of thioether (sulfide) groups is 1. The Kier molecular flexibility index (Phi) is 6.50. The van der Waals surface area contributed by atoms with Gasteiger partial charge < -0.3 is 9.72 Å². The van der Waals surface area contributed by atoms with Crippen molar-refractivity contribution in [2.75, 3.05) is 17.8 Å². The highest BCUT2D eigenvalue weighted by Crippen LogP contribution is 2.28. The lowest BCUT2D eigenvalue weighted by molar-refractivity contribution is -0.115. The Balaban J connectivity index is 1.70. The fourth-order valence-corrected chi connectivity index (χ4v) is 4.69. The number of hydrogen-bond donors (Lipinski definition) is 1. The summed E-state index contributed by atoms with van der Waals surface area (Å²) < 4.78 is 7.64. The van der Waals surface area contributed by atoms with Crippen LogP contribution in [0.1, 0.15) is 18.3 Å². The number of aryl methyl sites for hydroxylation is 1. The molecule has 0 aliphatic carbocycles. The first-order valence-electron chi connectivity index (χ1n) is 9.69. The molecule has 0 saturated carbocycles. The van der Waals surface area contributed by atoms with Gasteiger partial charge in [0.05, 0.1) is 30.0 Å².